The van der Waals surface area contributed by atoms with Crippen molar-refractivity contribution in [1.82, 2.24) is 9.38 Å². The Morgan fingerprint density at radius 3 is 2.84 bits per heavy atom. The van der Waals surface area contributed by atoms with E-state index in [2.05, 4.69) is 27.9 Å². The first-order valence-electron chi connectivity index (χ1n) is 9.16. The average Bonchev–Trinajstić information content (AvgIpc) is 3.02. The Labute approximate surface area is 147 Å². The monoisotopic (exact) mass is 334 g/mol. The lowest BCUT2D eigenvalue weighted by Gasteiger charge is -2.24. The molecule has 4 rings (SSSR count). The number of nitrogens with zero attached hydrogens (tertiary/aromatic N) is 3. The molecule has 0 aliphatic carbocycles. The number of anilines is 1. The Bertz CT molecular complexity index is 944. The summed E-state index contributed by atoms with van der Waals surface area (Å²) in [7, 11) is 0. The molecule has 25 heavy (non-hydrogen) atoms. The Morgan fingerprint density at radius 2 is 2.04 bits per heavy atom. The van der Waals surface area contributed by atoms with Gasteiger partial charge < -0.3 is 10.2 Å². The maximum Gasteiger partial charge on any atom is 0.157 e. The van der Waals surface area contributed by atoms with Gasteiger partial charge in [-0.25, -0.2) is 4.98 Å². The molecular formula is C20H24N5+. The minimum Gasteiger partial charge on any atom is -0.365 e. The highest BCUT2D eigenvalue weighted by Crippen LogP contribution is 2.26. The van der Waals surface area contributed by atoms with Crippen molar-refractivity contribution in [2.75, 3.05) is 31.5 Å². The molecule has 0 amide bonds. The molecule has 0 radical (unpaired) electrons. The summed E-state index contributed by atoms with van der Waals surface area (Å²) in [5.41, 5.74) is 4.34. The van der Waals surface area contributed by atoms with Gasteiger partial charge in [-0.2, -0.15) is 5.26 Å². The van der Waals surface area contributed by atoms with Gasteiger partial charge in [0.05, 0.1) is 42.8 Å². The second-order valence-corrected chi connectivity index (χ2v) is 6.95. The zero-order valence-corrected chi connectivity index (χ0v) is 14.7. The van der Waals surface area contributed by atoms with Crippen LogP contribution in [-0.2, 0) is 0 Å². The van der Waals surface area contributed by atoms with Gasteiger partial charge in [0.2, 0.25) is 0 Å². The predicted octanol–water partition coefficient (Wildman–Crippen LogP) is 2.15. The molecule has 128 valence electrons. The molecule has 0 atom stereocenters. The van der Waals surface area contributed by atoms with Gasteiger partial charge in [-0.15, -0.1) is 0 Å². The van der Waals surface area contributed by atoms with Gasteiger partial charge in [-0.05, 0) is 49.9 Å². The van der Waals surface area contributed by atoms with E-state index in [0.29, 0.717) is 5.56 Å². The molecule has 1 aromatic carbocycles. The van der Waals surface area contributed by atoms with E-state index in [4.69, 9.17) is 4.98 Å². The summed E-state index contributed by atoms with van der Waals surface area (Å²) < 4.78 is 2.09. The Kier molecular flexibility index (Phi) is 4.29. The van der Waals surface area contributed by atoms with Gasteiger partial charge in [0.25, 0.3) is 0 Å². The van der Waals surface area contributed by atoms with Crippen LogP contribution in [0, 0.1) is 18.3 Å². The van der Waals surface area contributed by atoms with E-state index in [9.17, 15) is 5.26 Å². The van der Waals surface area contributed by atoms with Gasteiger partial charge in [0.1, 0.15) is 11.9 Å². The number of hydrogen-bond donors (Lipinski definition) is 2. The number of nitrogens with one attached hydrogen (secondary N) is 2. The third-order valence-corrected chi connectivity index (χ3v) is 5.23. The van der Waals surface area contributed by atoms with Crippen LogP contribution in [0.5, 0.6) is 0 Å². The molecule has 0 spiro atoms. The third-order valence-electron chi connectivity index (χ3n) is 5.23. The third kappa shape index (κ3) is 2.94. The van der Waals surface area contributed by atoms with Crippen LogP contribution in [0.25, 0.3) is 16.7 Å². The number of quaternary nitrogens is 1. The van der Waals surface area contributed by atoms with E-state index in [0.717, 1.165) is 41.2 Å². The maximum atomic E-state index is 9.55. The van der Waals surface area contributed by atoms with Crippen LogP contribution < -0.4 is 10.2 Å². The summed E-state index contributed by atoms with van der Waals surface area (Å²) >= 11 is 0. The maximum absolute atomic E-state index is 9.55. The SMILES string of the molecule is Cc1cc(NCC[NH+]2CCCCC2)n2c(nc3ccccc32)c1C#N. The number of fused-ring (bicyclic) bond motifs is 3. The van der Waals surface area contributed by atoms with Crippen molar-refractivity contribution in [3.63, 3.8) is 0 Å². The van der Waals surface area contributed by atoms with Crippen LogP contribution in [0.2, 0.25) is 0 Å². The fraction of sp³-hybridized carbons (Fsp3) is 0.400. The predicted molar refractivity (Wildman–Crippen MR) is 100 cm³/mol. The van der Waals surface area contributed by atoms with Crippen molar-refractivity contribution in [3.05, 3.63) is 41.5 Å². The first-order valence-corrected chi connectivity index (χ1v) is 9.16. The van der Waals surface area contributed by atoms with Gasteiger partial charge in [-0.3, -0.25) is 4.40 Å². The lowest BCUT2D eigenvalue weighted by molar-refractivity contribution is -0.903. The van der Waals surface area contributed by atoms with Crippen molar-refractivity contribution >= 4 is 22.5 Å². The summed E-state index contributed by atoms with van der Waals surface area (Å²) in [4.78, 5) is 6.39. The molecule has 5 heteroatoms. The van der Waals surface area contributed by atoms with Crippen LogP contribution in [0.15, 0.2) is 30.3 Å². The Balaban J connectivity index is 1.69. The first-order chi connectivity index (χ1) is 12.3. The standard InChI is InChI=1S/C20H23N5/c1-15-13-19(22-9-12-24-10-5-2-6-11-24)25-18-8-4-3-7-17(18)23-20(25)16(15)14-21/h3-4,7-8,13,22H,2,5-6,9-12H2,1H3/p+1. The topological polar surface area (TPSA) is 57.6 Å². The van der Waals surface area contributed by atoms with E-state index < -0.39 is 0 Å². The fourth-order valence-corrected chi connectivity index (χ4v) is 3.89. The first kappa shape index (κ1) is 15.9. The van der Waals surface area contributed by atoms with Crippen LogP contribution in [0.1, 0.15) is 30.4 Å². The number of aryl methyl sites for hydroxylation is 1. The van der Waals surface area contributed by atoms with Crippen molar-refractivity contribution in [2.45, 2.75) is 26.2 Å². The minimum absolute atomic E-state index is 0.656. The van der Waals surface area contributed by atoms with Gasteiger partial charge in [-0.1, -0.05) is 12.1 Å². The molecule has 0 saturated carbocycles. The summed E-state index contributed by atoms with van der Waals surface area (Å²) in [6.07, 6.45) is 4.08. The number of para-hydroxylation sites is 2. The molecular weight excluding hydrogens is 310 g/mol. The Morgan fingerprint density at radius 1 is 1.24 bits per heavy atom. The van der Waals surface area contributed by atoms with Crippen molar-refractivity contribution < 1.29 is 4.90 Å². The van der Waals surface area contributed by atoms with Crippen LogP contribution in [-0.4, -0.2) is 35.6 Å². The summed E-state index contributed by atoms with van der Waals surface area (Å²) in [5.74, 6) is 1.02. The van der Waals surface area contributed by atoms with Gasteiger partial charge in [0, 0.05) is 0 Å². The van der Waals surface area contributed by atoms with Gasteiger partial charge >= 0.3 is 0 Å². The number of likely N-dealkylation sites (tertiary alicyclic amines) is 1. The largest absolute Gasteiger partial charge is 0.365 e. The number of rotatable bonds is 4. The van der Waals surface area contributed by atoms with E-state index in [1.165, 1.54) is 32.4 Å². The highest BCUT2D eigenvalue weighted by molar-refractivity contribution is 5.85. The number of hydrogen-bond acceptors (Lipinski definition) is 3. The second kappa shape index (κ2) is 6.73. The average molecular weight is 334 g/mol. The van der Waals surface area contributed by atoms with E-state index in [1.54, 1.807) is 4.90 Å². The zero-order valence-electron chi connectivity index (χ0n) is 14.7. The molecule has 1 aliphatic heterocycles. The van der Waals surface area contributed by atoms with Crippen LogP contribution in [0.4, 0.5) is 5.82 Å². The zero-order chi connectivity index (χ0) is 17.2. The summed E-state index contributed by atoms with van der Waals surface area (Å²) in [6, 6.07) is 12.5. The second-order valence-electron chi connectivity index (χ2n) is 6.95. The Hall–Kier alpha value is -2.58. The quantitative estimate of drug-likeness (QED) is 0.769. The molecule has 0 unspecified atom stereocenters. The minimum atomic E-state index is 0.656. The number of imidazole rings is 1. The molecule has 0 bridgehead atoms. The van der Waals surface area contributed by atoms with Crippen LogP contribution >= 0.6 is 0 Å². The number of pyridine rings is 1. The van der Waals surface area contributed by atoms with E-state index in [1.807, 2.05) is 25.1 Å². The molecule has 1 fully saturated rings. The van der Waals surface area contributed by atoms with Crippen LogP contribution in [0.3, 0.4) is 0 Å². The molecule has 1 aliphatic rings. The lowest BCUT2D eigenvalue weighted by atomic mass is 10.1. The van der Waals surface area contributed by atoms with Gasteiger partial charge in [0.15, 0.2) is 5.65 Å². The number of nitriles is 1. The molecule has 3 aromatic rings. The summed E-state index contributed by atoms with van der Waals surface area (Å²) in [5, 5.41) is 13.1. The number of piperidine rings is 1. The smallest absolute Gasteiger partial charge is 0.157 e. The molecule has 5 nitrogen and oxygen atoms in total. The van der Waals surface area contributed by atoms with E-state index >= 15 is 0 Å². The van der Waals surface area contributed by atoms with Crippen molar-refractivity contribution in [1.29, 1.82) is 5.26 Å². The molecule has 3 heterocycles. The van der Waals surface area contributed by atoms with Crippen molar-refractivity contribution in [3.8, 4) is 6.07 Å². The molecule has 2 N–H and O–H groups in total. The number of aromatic nitrogens is 2. The molecule has 2 aromatic heterocycles. The highest BCUT2D eigenvalue weighted by Gasteiger charge is 2.16. The highest BCUT2D eigenvalue weighted by atomic mass is 15.2. The lowest BCUT2D eigenvalue weighted by Crippen LogP contribution is -3.13. The molecule has 1 saturated heterocycles. The van der Waals surface area contributed by atoms with Crippen molar-refractivity contribution in [2.24, 2.45) is 0 Å². The fourth-order valence-electron chi connectivity index (χ4n) is 3.89. The van der Waals surface area contributed by atoms with E-state index in [-0.39, 0.29) is 0 Å². The number of benzene rings is 1. The summed E-state index contributed by atoms with van der Waals surface area (Å²) in [6.45, 7) is 6.63. The normalized spacial score (nSPS) is 15.5.